The molecule has 0 amide bonds. The van der Waals surface area contributed by atoms with Gasteiger partial charge in [0.2, 0.25) is 5.13 Å². The molecule has 3 aromatic rings. The number of hydrazone groups is 1. The molecule has 1 heterocycles. The molecule has 0 saturated carbocycles. The van der Waals surface area contributed by atoms with Crippen LogP contribution in [0.2, 0.25) is 0 Å². The van der Waals surface area contributed by atoms with Crippen molar-refractivity contribution in [2.24, 2.45) is 5.10 Å². The Morgan fingerprint density at radius 2 is 1.96 bits per heavy atom. The maximum absolute atomic E-state index is 10.7. The minimum Gasteiger partial charge on any atom is -0.258 e. The van der Waals surface area contributed by atoms with Gasteiger partial charge in [0, 0.05) is 39.9 Å². The minimum absolute atomic E-state index is 0.0674. The molecule has 6 nitrogen and oxygen atoms in total. The van der Waals surface area contributed by atoms with Crippen LogP contribution in [0.3, 0.4) is 0 Å². The number of rotatable bonds is 7. The molecule has 0 radical (unpaired) electrons. The first-order valence-corrected chi connectivity index (χ1v) is 9.24. The summed E-state index contributed by atoms with van der Waals surface area (Å²) >= 11 is 3.13. The van der Waals surface area contributed by atoms with E-state index in [1.807, 2.05) is 23.6 Å². The van der Waals surface area contributed by atoms with Crippen molar-refractivity contribution in [1.82, 2.24) is 4.98 Å². The largest absolute Gasteiger partial charge is 0.269 e. The lowest BCUT2D eigenvalue weighted by atomic mass is 10.1. The van der Waals surface area contributed by atoms with Crippen LogP contribution in [0.4, 0.5) is 10.8 Å². The Hall–Kier alpha value is -2.71. The van der Waals surface area contributed by atoms with Crippen molar-refractivity contribution < 1.29 is 4.92 Å². The summed E-state index contributed by atoms with van der Waals surface area (Å²) in [5, 5.41) is 17.4. The highest BCUT2D eigenvalue weighted by atomic mass is 32.2. The molecule has 0 saturated heterocycles. The Balaban J connectivity index is 1.53. The SMILES string of the molecule is O=[N+]([O-])c1ccc(-c2csc(N/N=C/CSc3ccccc3)n2)cc1. The number of nitrogens with one attached hydrogen (secondary N) is 1. The zero-order chi connectivity index (χ0) is 17.5. The van der Waals surface area contributed by atoms with Crippen molar-refractivity contribution in [3.05, 3.63) is 70.1 Å². The number of hydrogen-bond donors (Lipinski definition) is 1. The third-order valence-corrected chi connectivity index (χ3v) is 4.87. The number of nitro groups is 1. The lowest BCUT2D eigenvalue weighted by molar-refractivity contribution is -0.384. The highest BCUT2D eigenvalue weighted by Crippen LogP contribution is 2.26. The molecule has 0 unspecified atom stereocenters. The van der Waals surface area contributed by atoms with Gasteiger partial charge in [0.1, 0.15) is 0 Å². The van der Waals surface area contributed by atoms with Crippen molar-refractivity contribution >= 4 is 40.1 Å². The number of benzene rings is 2. The van der Waals surface area contributed by atoms with E-state index in [0.29, 0.717) is 5.13 Å². The summed E-state index contributed by atoms with van der Waals surface area (Å²) in [6.07, 6.45) is 1.80. The Morgan fingerprint density at radius 3 is 2.68 bits per heavy atom. The van der Waals surface area contributed by atoms with Crippen molar-refractivity contribution in [2.45, 2.75) is 4.90 Å². The van der Waals surface area contributed by atoms with Gasteiger partial charge in [-0.1, -0.05) is 18.2 Å². The van der Waals surface area contributed by atoms with Crippen LogP contribution >= 0.6 is 23.1 Å². The first-order chi connectivity index (χ1) is 12.2. The van der Waals surface area contributed by atoms with Crippen LogP contribution in [0.1, 0.15) is 0 Å². The summed E-state index contributed by atoms with van der Waals surface area (Å²) < 4.78 is 0. The first-order valence-electron chi connectivity index (χ1n) is 7.38. The fraction of sp³-hybridized carbons (Fsp3) is 0.0588. The van der Waals surface area contributed by atoms with Gasteiger partial charge in [0.15, 0.2) is 0 Å². The maximum Gasteiger partial charge on any atom is 0.269 e. The summed E-state index contributed by atoms with van der Waals surface area (Å²) in [6.45, 7) is 0. The standard InChI is InChI=1S/C17H14N4O2S2/c22-21(23)14-8-6-13(7-9-14)16-12-25-17(19-16)20-18-10-11-24-15-4-2-1-3-5-15/h1-10,12H,11H2,(H,19,20)/b18-10+. The van der Waals surface area contributed by atoms with Crippen LogP contribution in [-0.4, -0.2) is 21.9 Å². The van der Waals surface area contributed by atoms with Crippen LogP contribution in [0.25, 0.3) is 11.3 Å². The highest BCUT2D eigenvalue weighted by molar-refractivity contribution is 7.99. The zero-order valence-electron chi connectivity index (χ0n) is 13.0. The second kappa shape index (κ2) is 8.41. The third kappa shape index (κ3) is 4.88. The van der Waals surface area contributed by atoms with E-state index in [9.17, 15) is 10.1 Å². The molecule has 8 heteroatoms. The molecule has 25 heavy (non-hydrogen) atoms. The van der Waals surface area contributed by atoms with Gasteiger partial charge in [-0.25, -0.2) is 4.98 Å². The lowest BCUT2D eigenvalue weighted by Crippen LogP contribution is -1.90. The molecule has 0 bridgehead atoms. The number of nitrogens with zero attached hydrogens (tertiary/aromatic N) is 3. The Labute approximate surface area is 152 Å². The van der Waals surface area contributed by atoms with Crippen LogP contribution in [0.15, 0.2) is 70.0 Å². The monoisotopic (exact) mass is 370 g/mol. The smallest absolute Gasteiger partial charge is 0.258 e. The second-order valence-corrected chi connectivity index (χ2v) is 6.84. The zero-order valence-corrected chi connectivity index (χ0v) is 14.7. The van der Waals surface area contributed by atoms with E-state index >= 15 is 0 Å². The Morgan fingerprint density at radius 1 is 1.20 bits per heavy atom. The molecule has 0 aliphatic carbocycles. The van der Waals surface area contributed by atoms with Crippen LogP contribution in [0.5, 0.6) is 0 Å². The molecule has 126 valence electrons. The van der Waals surface area contributed by atoms with Gasteiger partial charge < -0.3 is 0 Å². The number of non-ortho nitro benzene ring substituents is 1. The van der Waals surface area contributed by atoms with Gasteiger partial charge in [-0.15, -0.1) is 23.1 Å². The maximum atomic E-state index is 10.7. The number of thiazole rings is 1. The normalized spacial score (nSPS) is 10.9. The molecule has 1 N–H and O–H groups in total. The fourth-order valence-electron chi connectivity index (χ4n) is 2.00. The van der Waals surface area contributed by atoms with Gasteiger partial charge in [0.25, 0.3) is 5.69 Å². The average Bonchev–Trinajstić information content (AvgIpc) is 3.11. The highest BCUT2D eigenvalue weighted by Gasteiger charge is 2.07. The molecular weight excluding hydrogens is 356 g/mol. The van der Waals surface area contributed by atoms with Crippen LogP contribution in [-0.2, 0) is 0 Å². The number of aromatic nitrogens is 1. The van der Waals surface area contributed by atoms with E-state index in [-0.39, 0.29) is 5.69 Å². The predicted octanol–water partition coefficient (Wildman–Crippen LogP) is 4.91. The minimum atomic E-state index is -0.417. The van der Waals surface area contributed by atoms with Gasteiger partial charge >= 0.3 is 0 Å². The molecule has 0 aliphatic heterocycles. The van der Waals surface area contributed by atoms with Crippen molar-refractivity contribution in [3.63, 3.8) is 0 Å². The number of thioether (sulfide) groups is 1. The summed E-state index contributed by atoms with van der Waals surface area (Å²) in [5.74, 6) is 0.762. The second-order valence-electron chi connectivity index (χ2n) is 4.89. The fourth-order valence-corrected chi connectivity index (χ4v) is 3.36. The van der Waals surface area contributed by atoms with E-state index in [1.165, 1.54) is 28.4 Å². The Kier molecular flexibility index (Phi) is 5.76. The lowest BCUT2D eigenvalue weighted by Gasteiger charge is -1.97. The molecule has 1 aromatic heterocycles. The molecule has 0 fully saturated rings. The van der Waals surface area contributed by atoms with Crippen LogP contribution in [0, 0.1) is 10.1 Å². The van der Waals surface area contributed by atoms with Gasteiger partial charge in [-0.2, -0.15) is 5.10 Å². The predicted molar refractivity (Wildman–Crippen MR) is 103 cm³/mol. The first kappa shape index (κ1) is 17.1. The van der Waals surface area contributed by atoms with Gasteiger partial charge in [0.05, 0.1) is 10.6 Å². The van der Waals surface area contributed by atoms with Gasteiger partial charge in [-0.3, -0.25) is 15.5 Å². The van der Waals surface area contributed by atoms with Crippen LogP contribution < -0.4 is 5.43 Å². The molecule has 0 atom stereocenters. The molecule has 3 rings (SSSR count). The molecule has 0 spiro atoms. The summed E-state index contributed by atoms with van der Waals surface area (Å²) in [7, 11) is 0. The summed E-state index contributed by atoms with van der Waals surface area (Å²) in [6, 6.07) is 16.5. The van der Waals surface area contributed by atoms with Crippen molar-refractivity contribution in [1.29, 1.82) is 0 Å². The third-order valence-electron chi connectivity index (χ3n) is 3.20. The van der Waals surface area contributed by atoms with Crippen molar-refractivity contribution in [2.75, 3.05) is 11.2 Å². The number of anilines is 1. The topological polar surface area (TPSA) is 80.4 Å². The molecular formula is C17H14N4O2S2. The Bertz CT molecular complexity index is 864. The quantitative estimate of drug-likeness (QED) is 0.277. The van der Waals surface area contributed by atoms with E-state index in [4.69, 9.17) is 0 Å². The van der Waals surface area contributed by atoms with Crippen molar-refractivity contribution in [3.8, 4) is 11.3 Å². The van der Waals surface area contributed by atoms with E-state index in [0.717, 1.165) is 17.0 Å². The molecule has 0 aliphatic rings. The number of hydrogen-bond acceptors (Lipinski definition) is 7. The van der Waals surface area contributed by atoms with E-state index in [2.05, 4.69) is 27.6 Å². The number of nitro benzene ring substituents is 1. The van der Waals surface area contributed by atoms with Gasteiger partial charge in [-0.05, 0) is 24.3 Å². The summed E-state index contributed by atoms with van der Waals surface area (Å²) in [5.41, 5.74) is 4.57. The molecule has 2 aromatic carbocycles. The van der Waals surface area contributed by atoms with E-state index < -0.39 is 4.92 Å². The average molecular weight is 370 g/mol. The van der Waals surface area contributed by atoms with E-state index in [1.54, 1.807) is 30.1 Å². The summed E-state index contributed by atoms with van der Waals surface area (Å²) in [4.78, 5) is 15.9.